The Bertz CT molecular complexity index is 403. The van der Waals surface area contributed by atoms with Gasteiger partial charge in [0, 0.05) is 24.2 Å². The van der Waals surface area contributed by atoms with Crippen LogP contribution in [0.3, 0.4) is 0 Å². The third-order valence-corrected chi connectivity index (χ3v) is 3.78. The van der Waals surface area contributed by atoms with Crippen LogP contribution in [0, 0.1) is 0 Å². The Hall–Kier alpha value is -0.840. The maximum atomic E-state index is 5.73. The smallest absolute Gasteiger partial charge is 0.129 e. The van der Waals surface area contributed by atoms with E-state index >= 15 is 0 Å². The summed E-state index contributed by atoms with van der Waals surface area (Å²) in [5.74, 6) is 0.916. The second-order valence-electron chi connectivity index (χ2n) is 6.98. The summed E-state index contributed by atoms with van der Waals surface area (Å²) in [5, 5.41) is 3.45. The van der Waals surface area contributed by atoms with Crippen LogP contribution in [-0.4, -0.2) is 36.7 Å². The molecule has 1 N–H and O–H groups in total. The molecule has 120 valence electrons. The SMILES string of the molecule is CC(C)(C)NCc1coc(COCCN2CCCCC2)c1. The zero-order chi connectivity index (χ0) is 15.1. The van der Waals surface area contributed by atoms with Gasteiger partial charge in [0.05, 0.1) is 12.9 Å². The molecular weight excluding hydrogens is 264 g/mol. The van der Waals surface area contributed by atoms with Crippen LogP contribution in [0.4, 0.5) is 0 Å². The molecule has 4 nitrogen and oxygen atoms in total. The highest BCUT2D eigenvalue weighted by atomic mass is 16.5. The zero-order valence-electron chi connectivity index (χ0n) is 13.8. The number of hydrogen-bond donors (Lipinski definition) is 1. The van der Waals surface area contributed by atoms with Crippen molar-refractivity contribution in [3.63, 3.8) is 0 Å². The summed E-state index contributed by atoms with van der Waals surface area (Å²) in [6.07, 6.45) is 5.88. The van der Waals surface area contributed by atoms with Crippen molar-refractivity contribution in [3.05, 3.63) is 23.7 Å². The van der Waals surface area contributed by atoms with E-state index in [1.165, 1.54) is 37.9 Å². The van der Waals surface area contributed by atoms with Gasteiger partial charge in [0.2, 0.25) is 0 Å². The van der Waals surface area contributed by atoms with Crippen molar-refractivity contribution in [3.8, 4) is 0 Å². The molecule has 2 heterocycles. The van der Waals surface area contributed by atoms with Gasteiger partial charge < -0.3 is 19.4 Å². The number of likely N-dealkylation sites (tertiary alicyclic amines) is 1. The average molecular weight is 294 g/mol. The molecule has 1 aromatic rings. The molecule has 2 rings (SSSR count). The third kappa shape index (κ3) is 6.64. The molecule has 0 aromatic carbocycles. The highest BCUT2D eigenvalue weighted by molar-refractivity contribution is 5.12. The van der Waals surface area contributed by atoms with Crippen molar-refractivity contribution in [1.82, 2.24) is 10.2 Å². The average Bonchev–Trinajstić information content (AvgIpc) is 2.90. The Balaban J connectivity index is 1.61. The molecule has 0 bridgehead atoms. The van der Waals surface area contributed by atoms with Crippen LogP contribution < -0.4 is 5.32 Å². The molecule has 1 saturated heterocycles. The molecule has 0 amide bonds. The van der Waals surface area contributed by atoms with E-state index in [0.29, 0.717) is 6.61 Å². The van der Waals surface area contributed by atoms with Gasteiger partial charge in [-0.2, -0.15) is 0 Å². The van der Waals surface area contributed by atoms with E-state index in [-0.39, 0.29) is 5.54 Å². The van der Waals surface area contributed by atoms with Crippen LogP contribution in [0.5, 0.6) is 0 Å². The van der Waals surface area contributed by atoms with Crippen LogP contribution in [0.2, 0.25) is 0 Å². The number of piperidine rings is 1. The summed E-state index contributed by atoms with van der Waals surface area (Å²) < 4.78 is 11.3. The van der Waals surface area contributed by atoms with E-state index in [4.69, 9.17) is 9.15 Å². The first kappa shape index (κ1) is 16.5. The quantitative estimate of drug-likeness (QED) is 0.784. The summed E-state index contributed by atoms with van der Waals surface area (Å²) in [7, 11) is 0. The van der Waals surface area contributed by atoms with E-state index in [1.54, 1.807) is 0 Å². The molecule has 1 aliphatic heterocycles. The lowest BCUT2D eigenvalue weighted by atomic mass is 10.1. The van der Waals surface area contributed by atoms with Crippen LogP contribution in [-0.2, 0) is 17.9 Å². The van der Waals surface area contributed by atoms with Gasteiger partial charge in [-0.25, -0.2) is 0 Å². The molecule has 0 unspecified atom stereocenters. The van der Waals surface area contributed by atoms with E-state index in [1.807, 2.05) is 6.26 Å². The van der Waals surface area contributed by atoms with Gasteiger partial charge in [-0.05, 0) is 52.8 Å². The Morgan fingerprint density at radius 1 is 1.24 bits per heavy atom. The summed E-state index contributed by atoms with van der Waals surface area (Å²) in [5.41, 5.74) is 1.31. The lowest BCUT2D eigenvalue weighted by molar-refractivity contribution is 0.0765. The minimum atomic E-state index is 0.127. The second-order valence-corrected chi connectivity index (χ2v) is 6.98. The molecule has 0 spiro atoms. The number of rotatable bonds is 7. The first-order chi connectivity index (χ1) is 10.0. The lowest BCUT2D eigenvalue weighted by Crippen LogP contribution is -2.34. The zero-order valence-corrected chi connectivity index (χ0v) is 13.8. The van der Waals surface area contributed by atoms with Crippen molar-refractivity contribution in [2.45, 2.75) is 58.7 Å². The van der Waals surface area contributed by atoms with Crippen LogP contribution in [0.15, 0.2) is 16.7 Å². The van der Waals surface area contributed by atoms with Gasteiger partial charge in [-0.15, -0.1) is 0 Å². The fourth-order valence-corrected chi connectivity index (χ4v) is 2.51. The molecule has 0 atom stereocenters. The predicted octanol–water partition coefficient (Wildman–Crippen LogP) is 3.17. The predicted molar refractivity (Wildman–Crippen MR) is 85.2 cm³/mol. The Morgan fingerprint density at radius 3 is 2.71 bits per heavy atom. The lowest BCUT2D eigenvalue weighted by Gasteiger charge is -2.25. The molecule has 4 heteroatoms. The molecule has 0 aliphatic carbocycles. The Morgan fingerprint density at radius 2 is 2.00 bits per heavy atom. The molecular formula is C17H30N2O2. The summed E-state index contributed by atoms with van der Waals surface area (Å²) in [6.45, 7) is 12.2. The molecule has 1 aliphatic rings. The van der Waals surface area contributed by atoms with Crippen molar-refractivity contribution in [1.29, 1.82) is 0 Å². The maximum absolute atomic E-state index is 5.73. The van der Waals surface area contributed by atoms with Gasteiger partial charge in [-0.3, -0.25) is 0 Å². The van der Waals surface area contributed by atoms with Gasteiger partial charge >= 0.3 is 0 Å². The number of ether oxygens (including phenoxy) is 1. The molecule has 0 saturated carbocycles. The molecule has 0 radical (unpaired) electrons. The van der Waals surface area contributed by atoms with E-state index in [2.05, 4.69) is 37.1 Å². The van der Waals surface area contributed by atoms with Gasteiger partial charge in [0.25, 0.3) is 0 Å². The summed E-state index contributed by atoms with van der Waals surface area (Å²) >= 11 is 0. The minimum absolute atomic E-state index is 0.127. The molecule has 21 heavy (non-hydrogen) atoms. The topological polar surface area (TPSA) is 37.6 Å². The highest BCUT2D eigenvalue weighted by Gasteiger charge is 2.11. The highest BCUT2D eigenvalue weighted by Crippen LogP contribution is 2.11. The van der Waals surface area contributed by atoms with E-state index in [9.17, 15) is 0 Å². The largest absolute Gasteiger partial charge is 0.467 e. The van der Waals surface area contributed by atoms with Gasteiger partial charge in [-0.1, -0.05) is 6.42 Å². The fourth-order valence-electron chi connectivity index (χ4n) is 2.51. The van der Waals surface area contributed by atoms with E-state index in [0.717, 1.165) is 25.5 Å². The maximum Gasteiger partial charge on any atom is 0.129 e. The number of furan rings is 1. The number of hydrogen-bond acceptors (Lipinski definition) is 4. The Kier molecular flexibility index (Phi) is 6.27. The van der Waals surface area contributed by atoms with Crippen molar-refractivity contribution in [2.75, 3.05) is 26.2 Å². The van der Waals surface area contributed by atoms with Crippen molar-refractivity contribution in [2.24, 2.45) is 0 Å². The minimum Gasteiger partial charge on any atom is -0.467 e. The van der Waals surface area contributed by atoms with Crippen molar-refractivity contribution < 1.29 is 9.15 Å². The fraction of sp³-hybridized carbons (Fsp3) is 0.765. The molecule has 1 aromatic heterocycles. The normalized spacial score (nSPS) is 17.3. The third-order valence-electron chi connectivity index (χ3n) is 3.78. The van der Waals surface area contributed by atoms with Crippen LogP contribution in [0.1, 0.15) is 51.4 Å². The first-order valence-corrected chi connectivity index (χ1v) is 8.14. The summed E-state index contributed by atoms with van der Waals surface area (Å²) in [4.78, 5) is 2.49. The van der Waals surface area contributed by atoms with E-state index < -0.39 is 0 Å². The van der Waals surface area contributed by atoms with Gasteiger partial charge in [0.15, 0.2) is 0 Å². The number of nitrogens with one attached hydrogen (secondary N) is 1. The van der Waals surface area contributed by atoms with Crippen LogP contribution in [0.25, 0.3) is 0 Å². The molecule has 1 fully saturated rings. The second kappa shape index (κ2) is 7.97. The van der Waals surface area contributed by atoms with Crippen molar-refractivity contribution >= 4 is 0 Å². The summed E-state index contributed by atoms with van der Waals surface area (Å²) in [6, 6.07) is 2.08. The Labute approximate surface area is 128 Å². The standard InChI is InChI=1S/C17H30N2O2/c1-17(2,3)18-12-15-11-16(21-13-15)14-20-10-9-19-7-5-4-6-8-19/h11,13,18H,4-10,12,14H2,1-3H3. The first-order valence-electron chi connectivity index (χ1n) is 8.14. The monoisotopic (exact) mass is 294 g/mol. The van der Waals surface area contributed by atoms with Crippen LogP contribution >= 0.6 is 0 Å². The number of nitrogens with zero attached hydrogens (tertiary/aromatic N) is 1. The van der Waals surface area contributed by atoms with Gasteiger partial charge in [0.1, 0.15) is 12.4 Å².